The van der Waals surface area contributed by atoms with Crippen molar-refractivity contribution in [1.82, 2.24) is 4.90 Å². The molecule has 0 aromatic heterocycles. The fraction of sp³-hybridized carbons (Fsp3) is 0.909. The summed E-state index contributed by atoms with van der Waals surface area (Å²) < 4.78 is 0. The molecule has 3 rings (SSSR count). The van der Waals surface area contributed by atoms with Crippen LogP contribution in [0.5, 0.6) is 0 Å². The molecule has 1 heterocycles. The second kappa shape index (κ2) is 2.96. The highest BCUT2D eigenvalue weighted by Crippen LogP contribution is 2.58. The molecular formula is C11H18N2O. The predicted octanol–water partition coefficient (Wildman–Crippen LogP) is 0.592. The van der Waals surface area contributed by atoms with Crippen LogP contribution in [0.2, 0.25) is 0 Å². The van der Waals surface area contributed by atoms with Gasteiger partial charge in [-0.15, -0.1) is 0 Å². The summed E-state index contributed by atoms with van der Waals surface area (Å²) in [5, 5.41) is 0. The van der Waals surface area contributed by atoms with Crippen molar-refractivity contribution in [3.63, 3.8) is 0 Å². The first-order valence-corrected chi connectivity index (χ1v) is 5.82. The first-order valence-electron chi connectivity index (χ1n) is 5.82. The number of carbonyl (C=O) groups is 1. The molecule has 1 amide bonds. The molecule has 0 aromatic rings. The van der Waals surface area contributed by atoms with Gasteiger partial charge in [-0.2, -0.15) is 0 Å². The highest BCUT2D eigenvalue weighted by atomic mass is 16.2. The van der Waals surface area contributed by atoms with Gasteiger partial charge in [-0.25, -0.2) is 0 Å². The molecule has 3 fully saturated rings. The normalized spacial score (nSPS) is 45.4. The van der Waals surface area contributed by atoms with E-state index in [2.05, 4.69) is 0 Å². The Morgan fingerprint density at radius 2 is 1.93 bits per heavy atom. The van der Waals surface area contributed by atoms with Crippen molar-refractivity contribution >= 4 is 5.91 Å². The van der Waals surface area contributed by atoms with Gasteiger partial charge in [0.1, 0.15) is 0 Å². The van der Waals surface area contributed by atoms with Crippen LogP contribution in [-0.4, -0.2) is 29.9 Å². The minimum atomic E-state index is 0.234. The van der Waals surface area contributed by atoms with Crippen LogP contribution in [0.3, 0.4) is 0 Å². The minimum absolute atomic E-state index is 0.234. The fourth-order valence-electron chi connectivity index (χ4n) is 3.39. The van der Waals surface area contributed by atoms with E-state index >= 15 is 0 Å². The Morgan fingerprint density at radius 3 is 2.50 bits per heavy atom. The topological polar surface area (TPSA) is 46.3 Å². The molecule has 2 aliphatic carbocycles. The monoisotopic (exact) mass is 194 g/mol. The van der Waals surface area contributed by atoms with Gasteiger partial charge in [0.2, 0.25) is 5.91 Å². The molecule has 0 bridgehead atoms. The van der Waals surface area contributed by atoms with Gasteiger partial charge in [-0.05, 0) is 31.1 Å². The van der Waals surface area contributed by atoms with Crippen LogP contribution in [0.4, 0.5) is 0 Å². The molecule has 78 valence electrons. The molecular weight excluding hydrogens is 176 g/mol. The Bertz CT molecular complexity index is 252. The number of nitrogens with zero attached hydrogens (tertiary/aromatic N) is 1. The second-order valence-electron chi connectivity index (χ2n) is 5.12. The molecule has 3 unspecified atom stereocenters. The molecule has 3 aliphatic rings. The Labute approximate surface area is 84.6 Å². The van der Waals surface area contributed by atoms with E-state index in [0.717, 1.165) is 31.3 Å². The average molecular weight is 194 g/mol. The van der Waals surface area contributed by atoms with Gasteiger partial charge in [0.15, 0.2) is 0 Å². The molecule has 14 heavy (non-hydrogen) atoms. The van der Waals surface area contributed by atoms with E-state index in [4.69, 9.17) is 5.73 Å². The second-order valence-corrected chi connectivity index (χ2v) is 5.12. The number of fused-ring (bicyclic) bond motifs is 1. The smallest absolute Gasteiger partial charge is 0.226 e. The molecule has 2 N–H and O–H groups in total. The maximum atomic E-state index is 12.0. The summed E-state index contributed by atoms with van der Waals surface area (Å²) in [6.45, 7) is 1.70. The number of hydrogen-bond acceptors (Lipinski definition) is 2. The number of rotatable bonds is 1. The van der Waals surface area contributed by atoms with Crippen molar-refractivity contribution in [3.8, 4) is 0 Å². The van der Waals surface area contributed by atoms with E-state index in [9.17, 15) is 4.79 Å². The molecule has 3 heteroatoms. The standard InChI is InChI=1S/C11H18N2O/c12-7-4-5-13(6-7)11(14)10-8-2-1-3-9(8)10/h7-10H,1-6,12H2. The van der Waals surface area contributed by atoms with Gasteiger partial charge in [0, 0.05) is 25.0 Å². The van der Waals surface area contributed by atoms with Gasteiger partial charge >= 0.3 is 0 Å². The third-order valence-corrected chi connectivity index (χ3v) is 4.23. The van der Waals surface area contributed by atoms with Crippen LogP contribution in [0.1, 0.15) is 25.7 Å². The maximum absolute atomic E-state index is 12.0. The summed E-state index contributed by atoms with van der Waals surface area (Å²) in [5.74, 6) is 2.31. The van der Waals surface area contributed by atoms with Crippen molar-refractivity contribution in [1.29, 1.82) is 0 Å². The lowest BCUT2D eigenvalue weighted by Gasteiger charge is -2.16. The number of hydrogen-bond donors (Lipinski definition) is 1. The van der Waals surface area contributed by atoms with Crippen LogP contribution in [0.15, 0.2) is 0 Å². The summed E-state index contributed by atoms with van der Waals surface area (Å²) in [4.78, 5) is 14.0. The van der Waals surface area contributed by atoms with Crippen molar-refractivity contribution in [2.75, 3.05) is 13.1 Å². The largest absolute Gasteiger partial charge is 0.341 e. The predicted molar refractivity (Wildman–Crippen MR) is 53.5 cm³/mol. The van der Waals surface area contributed by atoms with E-state index in [1.165, 1.54) is 19.3 Å². The third kappa shape index (κ3) is 1.18. The Balaban J connectivity index is 1.61. The van der Waals surface area contributed by atoms with Crippen LogP contribution in [0.25, 0.3) is 0 Å². The molecule has 0 spiro atoms. The quantitative estimate of drug-likeness (QED) is 0.664. The lowest BCUT2D eigenvalue weighted by Crippen LogP contribution is -2.33. The van der Waals surface area contributed by atoms with E-state index in [1.54, 1.807) is 0 Å². The van der Waals surface area contributed by atoms with Crippen molar-refractivity contribution in [2.45, 2.75) is 31.7 Å². The summed E-state index contributed by atoms with van der Waals surface area (Å²) in [5.41, 5.74) is 5.81. The highest BCUT2D eigenvalue weighted by Gasteiger charge is 2.57. The Morgan fingerprint density at radius 1 is 1.21 bits per heavy atom. The molecule has 1 aliphatic heterocycles. The van der Waals surface area contributed by atoms with Crippen LogP contribution < -0.4 is 5.73 Å². The average Bonchev–Trinajstić information content (AvgIpc) is 2.56. The Kier molecular flexibility index (Phi) is 1.84. The van der Waals surface area contributed by atoms with Gasteiger partial charge < -0.3 is 10.6 Å². The number of likely N-dealkylation sites (tertiary alicyclic amines) is 1. The zero-order valence-corrected chi connectivity index (χ0v) is 8.48. The highest BCUT2D eigenvalue weighted by molar-refractivity contribution is 5.82. The number of nitrogens with two attached hydrogens (primary N) is 1. The summed E-state index contributed by atoms with van der Waals surface area (Å²) in [6, 6.07) is 0.234. The van der Waals surface area contributed by atoms with Crippen molar-refractivity contribution in [3.05, 3.63) is 0 Å². The number of amides is 1. The molecule has 3 atom stereocenters. The van der Waals surface area contributed by atoms with Crippen molar-refractivity contribution in [2.24, 2.45) is 23.5 Å². The summed E-state index contributed by atoms with van der Waals surface area (Å²) in [6.07, 6.45) is 4.92. The van der Waals surface area contributed by atoms with E-state index < -0.39 is 0 Å². The zero-order valence-electron chi connectivity index (χ0n) is 8.48. The van der Waals surface area contributed by atoms with E-state index in [-0.39, 0.29) is 6.04 Å². The summed E-state index contributed by atoms with van der Waals surface area (Å²) >= 11 is 0. The van der Waals surface area contributed by atoms with Gasteiger partial charge in [-0.3, -0.25) is 4.79 Å². The van der Waals surface area contributed by atoms with Gasteiger partial charge in [-0.1, -0.05) is 6.42 Å². The summed E-state index contributed by atoms with van der Waals surface area (Å²) in [7, 11) is 0. The van der Waals surface area contributed by atoms with E-state index in [0.29, 0.717) is 11.8 Å². The first kappa shape index (κ1) is 8.72. The van der Waals surface area contributed by atoms with Crippen LogP contribution in [-0.2, 0) is 4.79 Å². The van der Waals surface area contributed by atoms with Crippen LogP contribution >= 0.6 is 0 Å². The zero-order chi connectivity index (χ0) is 9.71. The van der Waals surface area contributed by atoms with Gasteiger partial charge in [0.05, 0.1) is 0 Å². The van der Waals surface area contributed by atoms with Crippen molar-refractivity contribution < 1.29 is 4.79 Å². The Hall–Kier alpha value is -0.570. The fourth-order valence-corrected chi connectivity index (χ4v) is 3.39. The van der Waals surface area contributed by atoms with Crippen LogP contribution in [0, 0.1) is 17.8 Å². The molecule has 0 aromatic carbocycles. The maximum Gasteiger partial charge on any atom is 0.226 e. The van der Waals surface area contributed by atoms with Gasteiger partial charge in [0.25, 0.3) is 0 Å². The number of carbonyl (C=O) groups excluding carboxylic acids is 1. The molecule has 2 saturated carbocycles. The molecule has 3 nitrogen and oxygen atoms in total. The lowest BCUT2D eigenvalue weighted by molar-refractivity contribution is -0.132. The molecule has 0 radical (unpaired) electrons. The third-order valence-electron chi connectivity index (χ3n) is 4.23. The van der Waals surface area contributed by atoms with E-state index in [1.807, 2.05) is 4.90 Å². The SMILES string of the molecule is NC1CCN(C(=O)C2C3CCCC32)C1. The minimum Gasteiger partial charge on any atom is -0.341 e. The first-order chi connectivity index (χ1) is 6.77. The molecule has 1 saturated heterocycles. The lowest BCUT2D eigenvalue weighted by atomic mass is 10.1.